The van der Waals surface area contributed by atoms with E-state index in [0.29, 0.717) is 10.2 Å². The Hall–Kier alpha value is 0.699. The van der Waals surface area contributed by atoms with Crippen molar-refractivity contribution < 1.29 is 14.6 Å². The second kappa shape index (κ2) is 13.0. The predicted molar refractivity (Wildman–Crippen MR) is 105 cm³/mol. The summed E-state index contributed by atoms with van der Waals surface area (Å²) in [4.78, 5) is 11.6. The summed E-state index contributed by atoms with van der Waals surface area (Å²) in [5.41, 5.74) is 0. The van der Waals surface area contributed by atoms with Crippen LogP contribution in [-0.2, 0) is 9.53 Å². The zero-order valence-electron chi connectivity index (χ0n) is 14.7. The van der Waals surface area contributed by atoms with Gasteiger partial charge in [0.25, 0.3) is 0 Å². The molecule has 0 aromatic heterocycles. The Morgan fingerprint density at radius 3 is 1.68 bits per heavy atom. The number of carboxylic acid groups (broad SMARTS) is 1. The number of rotatable bonds is 13. The Morgan fingerprint density at radius 2 is 1.41 bits per heavy atom. The van der Waals surface area contributed by atoms with Crippen molar-refractivity contribution in [2.45, 2.75) is 72.6 Å². The Labute approximate surface area is 154 Å². The molecule has 0 fully saturated rings. The van der Waals surface area contributed by atoms with E-state index in [2.05, 4.69) is 20.8 Å². The molecule has 0 aliphatic heterocycles. The fraction of sp³-hybridized carbons (Fsp3) is 0.824. The molecule has 3 nitrogen and oxygen atoms in total. The molecule has 1 N–H and O–H groups in total. The molecule has 0 aliphatic rings. The van der Waals surface area contributed by atoms with Crippen LogP contribution in [0.15, 0.2) is 7.17 Å². The number of unbranched alkanes of at least 4 members (excludes halogenated alkanes) is 3. The summed E-state index contributed by atoms with van der Waals surface area (Å²) in [5, 5.41) is 9.53. The van der Waals surface area contributed by atoms with Gasteiger partial charge in [0.2, 0.25) is 0 Å². The van der Waals surface area contributed by atoms with E-state index in [4.69, 9.17) is 4.74 Å². The molecule has 0 atom stereocenters. The van der Waals surface area contributed by atoms with Crippen LogP contribution in [0.5, 0.6) is 0 Å². The molecule has 0 amide bonds. The van der Waals surface area contributed by atoms with Crippen molar-refractivity contribution in [3.8, 4) is 0 Å². The number of hydrogen-bond acceptors (Lipinski definition) is 2. The Morgan fingerprint density at radius 1 is 1.00 bits per heavy atom. The zero-order chi connectivity index (χ0) is 17.0. The number of carboxylic acids is 1. The van der Waals surface area contributed by atoms with Crippen molar-refractivity contribution in [1.29, 1.82) is 0 Å². The van der Waals surface area contributed by atoms with Crippen LogP contribution in [0.25, 0.3) is 0 Å². The fourth-order valence-electron chi connectivity index (χ4n) is 3.10. The van der Waals surface area contributed by atoms with Crippen molar-refractivity contribution in [2.24, 2.45) is 0 Å². The standard InChI is InChI=1S/C5H6IO3.3C4H9.Sn/c1-9-3-2-4(6)5(7)8;3*1-3-4-2;/h3H2,1H3,(H,7,8);3*1,3-4H2,2H3;. The molecule has 0 saturated carbocycles. The first kappa shape index (κ1) is 22.7. The number of ether oxygens (including phenoxy) is 1. The van der Waals surface area contributed by atoms with E-state index in [-0.39, 0.29) is 0 Å². The first-order chi connectivity index (χ1) is 10.5. The van der Waals surface area contributed by atoms with Gasteiger partial charge in [-0.25, -0.2) is 0 Å². The molecule has 0 unspecified atom stereocenters. The minimum atomic E-state index is -2.67. The van der Waals surface area contributed by atoms with Crippen molar-refractivity contribution in [3.63, 3.8) is 0 Å². The number of carbonyl (C=O) groups is 1. The maximum atomic E-state index is 11.6. The van der Waals surface area contributed by atoms with Crippen molar-refractivity contribution >= 4 is 46.9 Å². The Balaban J connectivity index is 5.76. The van der Waals surface area contributed by atoms with Crippen LogP contribution in [0.1, 0.15) is 59.3 Å². The quantitative estimate of drug-likeness (QED) is 0.186. The van der Waals surface area contributed by atoms with E-state index in [1.165, 1.54) is 55.4 Å². The van der Waals surface area contributed by atoms with Gasteiger partial charge >= 0.3 is 155 Å². The first-order valence-electron chi connectivity index (χ1n) is 8.60. The third kappa shape index (κ3) is 7.51. The number of aliphatic carboxylic acids is 1. The van der Waals surface area contributed by atoms with Gasteiger partial charge < -0.3 is 0 Å². The summed E-state index contributed by atoms with van der Waals surface area (Å²) in [5.74, 6) is -0.766. The summed E-state index contributed by atoms with van der Waals surface area (Å²) in [6, 6.07) is 0. The number of hydrogen-bond donors (Lipinski definition) is 1. The Kier molecular flexibility index (Phi) is 13.5. The van der Waals surface area contributed by atoms with Crippen molar-refractivity contribution in [2.75, 3.05) is 13.7 Å². The zero-order valence-corrected chi connectivity index (χ0v) is 19.7. The second-order valence-corrected chi connectivity index (χ2v) is 20.5. The molecule has 130 valence electrons. The summed E-state index contributed by atoms with van der Waals surface area (Å²) in [6.07, 6.45) is 7.29. The van der Waals surface area contributed by atoms with E-state index < -0.39 is 24.3 Å². The number of halogens is 1. The van der Waals surface area contributed by atoms with E-state index >= 15 is 0 Å². The minimum absolute atomic E-state index is 0.526. The molecule has 0 aliphatic carbocycles. The van der Waals surface area contributed by atoms with Crippen LogP contribution in [0, 0.1) is 0 Å². The molecule has 0 aromatic carbocycles. The van der Waals surface area contributed by atoms with Gasteiger partial charge in [0.05, 0.1) is 0 Å². The molecule has 22 heavy (non-hydrogen) atoms. The average Bonchev–Trinajstić information content (AvgIpc) is 2.52. The normalized spacial score (nSPS) is 13.1. The molecule has 0 spiro atoms. The summed E-state index contributed by atoms with van der Waals surface area (Å²) in [6.45, 7) is 7.23. The predicted octanol–water partition coefficient (Wildman–Crippen LogP) is 5.79. The Bertz CT molecular complexity index is 334. The molecule has 0 rings (SSSR count). The van der Waals surface area contributed by atoms with Crippen molar-refractivity contribution in [1.82, 2.24) is 0 Å². The topological polar surface area (TPSA) is 46.5 Å². The maximum absolute atomic E-state index is 11.6. The van der Waals surface area contributed by atoms with Gasteiger partial charge in [0.1, 0.15) is 0 Å². The monoisotopic (exact) mass is 532 g/mol. The van der Waals surface area contributed by atoms with Crippen LogP contribution < -0.4 is 0 Å². The SMILES string of the molecule is CCC[CH2][Sn]([CH2]CCC)([CH2]CCC)/[C](COC)=C(\I)C(=O)O. The summed E-state index contributed by atoms with van der Waals surface area (Å²) in [7, 11) is 1.70. The van der Waals surface area contributed by atoms with E-state index in [0.717, 1.165) is 0 Å². The van der Waals surface area contributed by atoms with Gasteiger partial charge in [-0.3, -0.25) is 0 Å². The molecular weight excluding hydrogens is 498 g/mol. The van der Waals surface area contributed by atoms with Crippen LogP contribution in [0.2, 0.25) is 13.3 Å². The number of methoxy groups -OCH3 is 1. The second-order valence-electron chi connectivity index (χ2n) is 6.12. The van der Waals surface area contributed by atoms with Crippen molar-refractivity contribution in [3.05, 3.63) is 7.17 Å². The van der Waals surface area contributed by atoms with Crippen LogP contribution in [0.4, 0.5) is 0 Å². The van der Waals surface area contributed by atoms with Gasteiger partial charge in [-0.05, 0) is 0 Å². The van der Waals surface area contributed by atoms with E-state index in [9.17, 15) is 9.90 Å². The third-order valence-corrected chi connectivity index (χ3v) is 23.0. The van der Waals surface area contributed by atoms with Gasteiger partial charge in [-0.15, -0.1) is 0 Å². The first-order valence-corrected chi connectivity index (χ1v) is 17.2. The molecule has 0 heterocycles. The van der Waals surface area contributed by atoms with Gasteiger partial charge in [0.15, 0.2) is 0 Å². The van der Waals surface area contributed by atoms with Gasteiger partial charge in [-0.2, -0.15) is 0 Å². The van der Waals surface area contributed by atoms with E-state index in [1.54, 1.807) is 7.11 Å². The molecule has 0 saturated heterocycles. The molecule has 0 aromatic rings. The summed E-state index contributed by atoms with van der Waals surface area (Å²) < 4.78 is 11.1. The van der Waals surface area contributed by atoms with Crippen LogP contribution in [-0.4, -0.2) is 43.2 Å². The molecule has 0 bridgehead atoms. The fourth-order valence-corrected chi connectivity index (χ4v) is 23.6. The average molecular weight is 531 g/mol. The molecule has 5 heteroatoms. The van der Waals surface area contributed by atoms with Gasteiger partial charge in [0, 0.05) is 0 Å². The summed E-state index contributed by atoms with van der Waals surface area (Å²) >= 11 is -0.620. The molecular formula is C17H33IO3Sn. The van der Waals surface area contributed by atoms with E-state index in [1.807, 2.05) is 22.6 Å². The molecule has 0 radical (unpaired) electrons. The third-order valence-electron chi connectivity index (χ3n) is 4.41. The van der Waals surface area contributed by atoms with Gasteiger partial charge in [-0.1, -0.05) is 0 Å². The van der Waals surface area contributed by atoms with Crippen LogP contribution >= 0.6 is 22.6 Å². The van der Waals surface area contributed by atoms with Crippen LogP contribution in [0.3, 0.4) is 0 Å².